The fraction of sp³-hybridized carbons (Fsp3) is 0.533. The third-order valence-corrected chi connectivity index (χ3v) is 6.06. The average Bonchev–Trinajstić information content (AvgIpc) is 2.52. The largest absolute Gasteiger partial charge is 0.379 e. The van der Waals surface area contributed by atoms with Crippen LogP contribution in [0.3, 0.4) is 0 Å². The number of carbonyl (C=O) groups is 1. The summed E-state index contributed by atoms with van der Waals surface area (Å²) in [4.78, 5) is 12.0. The lowest BCUT2D eigenvalue weighted by molar-refractivity contribution is -0.126. The van der Waals surface area contributed by atoms with Gasteiger partial charge in [0.15, 0.2) is 0 Å². The number of sulfonamides is 1. The lowest BCUT2D eigenvalue weighted by atomic mass is 10.0. The van der Waals surface area contributed by atoms with Crippen LogP contribution < -0.4 is 10.6 Å². The molecule has 126 valence electrons. The predicted octanol–water partition coefficient (Wildman–Crippen LogP) is -0.457. The minimum atomic E-state index is -3.46. The molecule has 2 heterocycles. The van der Waals surface area contributed by atoms with Crippen molar-refractivity contribution in [2.45, 2.75) is 11.4 Å². The van der Waals surface area contributed by atoms with Gasteiger partial charge in [-0.3, -0.25) is 4.79 Å². The van der Waals surface area contributed by atoms with Crippen molar-refractivity contribution in [3.8, 4) is 0 Å². The summed E-state index contributed by atoms with van der Waals surface area (Å²) in [5.74, 6) is 0.0877. The van der Waals surface area contributed by atoms with Gasteiger partial charge in [0.25, 0.3) is 0 Å². The highest BCUT2D eigenvalue weighted by atomic mass is 32.2. The molecule has 7 nitrogen and oxygen atoms in total. The molecule has 0 bridgehead atoms. The molecule has 8 heteroatoms. The summed E-state index contributed by atoms with van der Waals surface area (Å²) in [7, 11) is -3.46. The molecule has 0 spiro atoms. The number of hydrogen-bond donors (Lipinski definition) is 2. The third kappa shape index (κ3) is 3.72. The standard InChI is InChI=1S/C15H21N3O4S/c19-15(13-10-16-11-13)17-9-12-1-3-14(4-2-12)23(20,21)18-5-7-22-8-6-18/h1-4,13,16H,5-11H2,(H,17,19). The van der Waals surface area contributed by atoms with E-state index < -0.39 is 10.0 Å². The molecule has 0 aromatic heterocycles. The minimum absolute atomic E-state index is 0.0359. The predicted molar refractivity (Wildman–Crippen MR) is 84.2 cm³/mol. The summed E-state index contributed by atoms with van der Waals surface area (Å²) in [5.41, 5.74) is 0.881. The Morgan fingerprint density at radius 3 is 2.43 bits per heavy atom. The first-order chi connectivity index (χ1) is 11.1. The molecule has 0 saturated carbocycles. The second kappa shape index (κ2) is 6.96. The average molecular weight is 339 g/mol. The zero-order chi connectivity index (χ0) is 16.3. The highest BCUT2D eigenvalue weighted by Crippen LogP contribution is 2.17. The summed E-state index contributed by atoms with van der Waals surface area (Å²) in [6.07, 6.45) is 0. The Balaban J connectivity index is 1.60. The summed E-state index contributed by atoms with van der Waals surface area (Å²) in [5, 5.41) is 5.92. The van der Waals surface area contributed by atoms with E-state index in [0.717, 1.165) is 18.7 Å². The summed E-state index contributed by atoms with van der Waals surface area (Å²) >= 11 is 0. The minimum Gasteiger partial charge on any atom is -0.379 e. The lowest BCUT2D eigenvalue weighted by Gasteiger charge is -2.26. The van der Waals surface area contributed by atoms with E-state index in [2.05, 4.69) is 10.6 Å². The maximum atomic E-state index is 12.5. The third-order valence-electron chi connectivity index (χ3n) is 4.15. The van der Waals surface area contributed by atoms with Crippen LogP contribution in [0.5, 0.6) is 0 Å². The van der Waals surface area contributed by atoms with Crippen molar-refractivity contribution >= 4 is 15.9 Å². The topological polar surface area (TPSA) is 87.7 Å². The Morgan fingerprint density at radius 1 is 1.22 bits per heavy atom. The number of carbonyl (C=O) groups excluding carboxylic acids is 1. The van der Waals surface area contributed by atoms with Crippen LogP contribution in [0, 0.1) is 5.92 Å². The molecule has 0 atom stereocenters. The first-order valence-electron chi connectivity index (χ1n) is 7.72. The van der Waals surface area contributed by atoms with E-state index in [-0.39, 0.29) is 16.7 Å². The smallest absolute Gasteiger partial charge is 0.243 e. The van der Waals surface area contributed by atoms with Gasteiger partial charge < -0.3 is 15.4 Å². The molecule has 2 aliphatic heterocycles. The van der Waals surface area contributed by atoms with Crippen molar-refractivity contribution < 1.29 is 17.9 Å². The molecule has 1 aromatic rings. The summed E-state index contributed by atoms with van der Waals surface area (Å²) in [6, 6.07) is 6.67. The summed E-state index contributed by atoms with van der Waals surface area (Å²) < 4.78 is 31.6. The van der Waals surface area contributed by atoms with Gasteiger partial charge in [-0.2, -0.15) is 4.31 Å². The fourth-order valence-corrected chi connectivity index (χ4v) is 3.93. The van der Waals surface area contributed by atoms with Crippen molar-refractivity contribution in [1.29, 1.82) is 0 Å². The van der Waals surface area contributed by atoms with Crippen molar-refractivity contribution in [3.63, 3.8) is 0 Å². The summed E-state index contributed by atoms with van der Waals surface area (Å²) in [6.45, 7) is 3.49. The maximum absolute atomic E-state index is 12.5. The zero-order valence-corrected chi connectivity index (χ0v) is 13.6. The van der Waals surface area contributed by atoms with Gasteiger partial charge in [-0.25, -0.2) is 8.42 Å². The zero-order valence-electron chi connectivity index (χ0n) is 12.8. The van der Waals surface area contributed by atoms with Crippen molar-refractivity contribution in [2.24, 2.45) is 5.92 Å². The van der Waals surface area contributed by atoms with E-state index in [4.69, 9.17) is 4.74 Å². The van der Waals surface area contributed by atoms with Gasteiger partial charge in [-0.15, -0.1) is 0 Å². The Morgan fingerprint density at radius 2 is 1.87 bits per heavy atom. The first-order valence-corrected chi connectivity index (χ1v) is 9.16. The van der Waals surface area contributed by atoms with Crippen molar-refractivity contribution in [3.05, 3.63) is 29.8 Å². The Labute approximate surface area is 136 Å². The van der Waals surface area contributed by atoms with Crippen LogP contribution in [0.25, 0.3) is 0 Å². The molecule has 1 aromatic carbocycles. The van der Waals surface area contributed by atoms with E-state index in [9.17, 15) is 13.2 Å². The van der Waals surface area contributed by atoms with E-state index in [1.165, 1.54) is 4.31 Å². The van der Waals surface area contributed by atoms with Gasteiger partial charge in [0.2, 0.25) is 15.9 Å². The van der Waals surface area contributed by atoms with Crippen LogP contribution >= 0.6 is 0 Å². The van der Waals surface area contributed by atoms with Gasteiger partial charge in [0.05, 0.1) is 24.0 Å². The molecular formula is C15H21N3O4S. The van der Waals surface area contributed by atoms with Crippen LogP contribution in [-0.2, 0) is 26.1 Å². The molecule has 23 heavy (non-hydrogen) atoms. The number of amides is 1. The van der Waals surface area contributed by atoms with E-state index in [0.29, 0.717) is 32.8 Å². The number of ether oxygens (including phenoxy) is 1. The quantitative estimate of drug-likeness (QED) is 0.758. The normalized spacial score (nSPS) is 20.0. The van der Waals surface area contributed by atoms with E-state index in [1.54, 1.807) is 24.3 Å². The van der Waals surface area contributed by atoms with Gasteiger partial charge >= 0.3 is 0 Å². The van der Waals surface area contributed by atoms with Crippen molar-refractivity contribution in [2.75, 3.05) is 39.4 Å². The maximum Gasteiger partial charge on any atom is 0.243 e. The first kappa shape index (κ1) is 16.4. The Kier molecular flexibility index (Phi) is 4.96. The van der Waals surface area contributed by atoms with E-state index >= 15 is 0 Å². The van der Waals surface area contributed by atoms with Gasteiger partial charge in [-0.05, 0) is 17.7 Å². The highest BCUT2D eigenvalue weighted by Gasteiger charge is 2.26. The number of morpholine rings is 1. The van der Waals surface area contributed by atoms with Crippen LogP contribution in [0.15, 0.2) is 29.2 Å². The molecule has 2 fully saturated rings. The van der Waals surface area contributed by atoms with Gasteiger partial charge in [-0.1, -0.05) is 12.1 Å². The Hall–Kier alpha value is -1.48. The second-order valence-corrected chi connectivity index (χ2v) is 7.67. The molecule has 3 rings (SSSR count). The second-order valence-electron chi connectivity index (χ2n) is 5.73. The number of nitrogens with one attached hydrogen (secondary N) is 2. The SMILES string of the molecule is O=C(NCc1ccc(S(=O)(=O)N2CCOCC2)cc1)C1CNC1. The van der Waals surface area contributed by atoms with Gasteiger partial charge in [0, 0.05) is 32.7 Å². The molecule has 0 unspecified atom stereocenters. The molecule has 2 saturated heterocycles. The number of nitrogens with zero attached hydrogens (tertiary/aromatic N) is 1. The monoisotopic (exact) mass is 339 g/mol. The Bertz CT molecular complexity index is 650. The molecule has 0 radical (unpaired) electrons. The van der Waals surface area contributed by atoms with Crippen LogP contribution in [0.2, 0.25) is 0 Å². The highest BCUT2D eigenvalue weighted by molar-refractivity contribution is 7.89. The van der Waals surface area contributed by atoms with Crippen molar-refractivity contribution in [1.82, 2.24) is 14.9 Å². The number of benzene rings is 1. The van der Waals surface area contributed by atoms with Crippen LogP contribution in [-0.4, -0.2) is 58.0 Å². The molecule has 1 amide bonds. The number of rotatable bonds is 5. The molecular weight excluding hydrogens is 318 g/mol. The van der Waals surface area contributed by atoms with Crippen LogP contribution in [0.4, 0.5) is 0 Å². The molecule has 0 aliphatic carbocycles. The van der Waals surface area contributed by atoms with E-state index in [1.807, 2.05) is 0 Å². The number of hydrogen-bond acceptors (Lipinski definition) is 5. The molecule has 2 aliphatic rings. The fourth-order valence-electron chi connectivity index (χ4n) is 2.52. The molecule has 2 N–H and O–H groups in total. The lowest BCUT2D eigenvalue weighted by Crippen LogP contribution is -2.50. The van der Waals surface area contributed by atoms with Gasteiger partial charge in [0.1, 0.15) is 0 Å². The van der Waals surface area contributed by atoms with Crippen LogP contribution in [0.1, 0.15) is 5.56 Å².